The minimum absolute atomic E-state index is 0.0774. The molecule has 3 heterocycles. The number of amides is 2. The van der Waals surface area contributed by atoms with Crippen molar-refractivity contribution in [3.05, 3.63) is 59.2 Å². The second kappa shape index (κ2) is 16.2. The number of carbonyl (C=O) groups excluding carboxylic acids is 2. The summed E-state index contributed by atoms with van der Waals surface area (Å²) in [5.74, 6) is 0.550. The number of nitrogens with zero attached hydrogens (tertiary/aromatic N) is 3. The summed E-state index contributed by atoms with van der Waals surface area (Å²) in [6.07, 6.45) is 9.69. The Balaban J connectivity index is 1.29. The third kappa shape index (κ3) is 8.06. The fourth-order valence-electron chi connectivity index (χ4n) is 7.65. The number of carbonyl (C=O) groups is 2. The summed E-state index contributed by atoms with van der Waals surface area (Å²) in [6, 6.07) is 9.00. The van der Waals surface area contributed by atoms with Crippen LogP contribution in [-0.2, 0) is 16.1 Å². The molecule has 10 heteroatoms. The second-order valence-electron chi connectivity index (χ2n) is 13.5. The molecule has 9 nitrogen and oxygen atoms in total. The van der Waals surface area contributed by atoms with E-state index in [1.54, 1.807) is 19.2 Å². The number of aryl methyl sites for hydroxylation is 1. The van der Waals surface area contributed by atoms with Crippen molar-refractivity contribution in [3.63, 3.8) is 0 Å². The zero-order chi connectivity index (χ0) is 32.6. The molecule has 1 saturated carbocycles. The van der Waals surface area contributed by atoms with Gasteiger partial charge in [0.1, 0.15) is 11.6 Å². The van der Waals surface area contributed by atoms with Gasteiger partial charge < -0.3 is 15.0 Å². The van der Waals surface area contributed by atoms with Crippen LogP contribution in [0, 0.1) is 24.6 Å². The molecule has 4 unspecified atom stereocenters. The Morgan fingerprint density at radius 2 is 1.87 bits per heavy atom. The molecular formula is C36H53FN6O3. The zero-order valence-electron chi connectivity index (χ0n) is 28.1. The van der Waals surface area contributed by atoms with E-state index in [1.807, 2.05) is 18.0 Å². The van der Waals surface area contributed by atoms with Gasteiger partial charge in [-0.2, -0.15) is 0 Å². The molecule has 3 fully saturated rings. The van der Waals surface area contributed by atoms with Crippen LogP contribution in [0.5, 0.6) is 5.75 Å². The molecule has 3 N–H and O–H groups in total. The van der Waals surface area contributed by atoms with Gasteiger partial charge in [0.25, 0.3) is 0 Å². The molecule has 2 aromatic rings. The number of aromatic nitrogens is 1. The number of fused-ring (bicyclic) bond motifs is 1. The van der Waals surface area contributed by atoms with Crippen LogP contribution in [0.4, 0.5) is 4.39 Å². The highest BCUT2D eigenvalue weighted by molar-refractivity contribution is 5.82. The van der Waals surface area contributed by atoms with Crippen LogP contribution in [0.25, 0.3) is 0 Å². The average Bonchev–Trinajstić information content (AvgIpc) is 3.49. The maximum absolute atomic E-state index is 15.2. The smallest absolute Gasteiger partial charge is 0.239 e. The summed E-state index contributed by atoms with van der Waals surface area (Å²) in [5.41, 5.74) is 9.58. The SMILES string of the molecule is CCCCN(CCCC)C(=O)[C@@H]1CC[C@@H](NC(=O)C2CCC3NNC(c4ccnc(C)c4)C3C2)CN1Cc1c(F)cccc1OC. The van der Waals surface area contributed by atoms with E-state index in [1.165, 1.54) is 11.6 Å². The molecule has 2 aliphatic heterocycles. The van der Waals surface area contributed by atoms with E-state index in [4.69, 9.17) is 4.74 Å². The number of pyridine rings is 1. The highest BCUT2D eigenvalue weighted by Gasteiger charge is 2.43. The summed E-state index contributed by atoms with van der Waals surface area (Å²) in [6.45, 7) is 8.47. The predicted octanol–water partition coefficient (Wildman–Crippen LogP) is 5.05. The van der Waals surface area contributed by atoms with Crippen LogP contribution in [0.1, 0.15) is 94.5 Å². The number of rotatable bonds is 13. The van der Waals surface area contributed by atoms with E-state index in [-0.39, 0.29) is 48.2 Å². The molecule has 1 aliphatic carbocycles. The number of nitrogens with one attached hydrogen (secondary N) is 3. The number of halogens is 1. The Kier molecular flexibility index (Phi) is 12.0. The van der Waals surface area contributed by atoms with Crippen molar-refractivity contribution in [1.82, 2.24) is 31.0 Å². The molecule has 2 amide bonds. The Morgan fingerprint density at radius 3 is 2.59 bits per heavy atom. The number of benzene rings is 1. The van der Waals surface area contributed by atoms with E-state index >= 15 is 4.39 Å². The number of ether oxygens (including phenoxy) is 1. The Hall–Kier alpha value is -3.08. The molecule has 6 atom stereocenters. The van der Waals surface area contributed by atoms with Crippen LogP contribution in [0.3, 0.4) is 0 Å². The van der Waals surface area contributed by atoms with Crippen molar-refractivity contribution < 1.29 is 18.7 Å². The van der Waals surface area contributed by atoms with Crippen molar-refractivity contribution in [2.24, 2.45) is 11.8 Å². The molecule has 252 valence electrons. The predicted molar refractivity (Wildman–Crippen MR) is 177 cm³/mol. The molecule has 1 aromatic heterocycles. The summed E-state index contributed by atoms with van der Waals surface area (Å²) in [4.78, 5) is 36.3. The monoisotopic (exact) mass is 636 g/mol. The number of unbranched alkanes of at least 4 members (excludes halogenated alkanes) is 2. The van der Waals surface area contributed by atoms with Gasteiger partial charge in [-0.25, -0.2) is 9.82 Å². The quantitative estimate of drug-likeness (QED) is 0.283. The first-order valence-corrected chi connectivity index (χ1v) is 17.4. The molecule has 5 rings (SSSR count). The third-order valence-electron chi connectivity index (χ3n) is 10.3. The molecular weight excluding hydrogens is 583 g/mol. The number of hydrazine groups is 1. The lowest BCUT2D eigenvalue weighted by Gasteiger charge is -2.42. The summed E-state index contributed by atoms with van der Waals surface area (Å²) >= 11 is 0. The van der Waals surface area contributed by atoms with Crippen molar-refractivity contribution in [3.8, 4) is 5.75 Å². The van der Waals surface area contributed by atoms with Gasteiger partial charge in [0, 0.05) is 61.6 Å². The zero-order valence-corrected chi connectivity index (χ0v) is 28.1. The minimum Gasteiger partial charge on any atom is -0.496 e. The van der Waals surface area contributed by atoms with Crippen molar-refractivity contribution in [2.45, 2.75) is 109 Å². The van der Waals surface area contributed by atoms with E-state index in [2.05, 4.69) is 52.0 Å². The first-order chi connectivity index (χ1) is 22.3. The third-order valence-corrected chi connectivity index (χ3v) is 10.3. The molecule has 0 spiro atoms. The molecule has 3 aliphatic rings. The lowest BCUT2D eigenvalue weighted by molar-refractivity contribution is -0.139. The highest BCUT2D eigenvalue weighted by atomic mass is 19.1. The molecule has 46 heavy (non-hydrogen) atoms. The van der Waals surface area contributed by atoms with Gasteiger partial charge in [0.15, 0.2) is 0 Å². The summed E-state index contributed by atoms with van der Waals surface area (Å²) in [7, 11) is 1.54. The summed E-state index contributed by atoms with van der Waals surface area (Å²) in [5, 5.41) is 3.37. The van der Waals surface area contributed by atoms with Gasteiger partial charge in [-0.05, 0) is 87.6 Å². The van der Waals surface area contributed by atoms with Gasteiger partial charge in [0.2, 0.25) is 11.8 Å². The molecule has 2 saturated heterocycles. The Morgan fingerprint density at radius 1 is 1.09 bits per heavy atom. The number of methoxy groups -OCH3 is 1. The molecule has 0 bridgehead atoms. The Labute approximate surface area is 274 Å². The number of piperidine rings is 1. The number of hydrogen-bond acceptors (Lipinski definition) is 7. The molecule has 0 radical (unpaired) electrons. The first kappa shape index (κ1) is 34.3. The van der Waals surface area contributed by atoms with Gasteiger partial charge in [-0.15, -0.1) is 0 Å². The first-order valence-electron chi connectivity index (χ1n) is 17.4. The van der Waals surface area contributed by atoms with Crippen LogP contribution in [-0.4, -0.2) is 71.5 Å². The summed E-state index contributed by atoms with van der Waals surface area (Å²) < 4.78 is 20.7. The average molecular weight is 637 g/mol. The van der Waals surface area contributed by atoms with Crippen molar-refractivity contribution in [2.75, 3.05) is 26.7 Å². The fraction of sp³-hybridized carbons (Fsp3) is 0.639. The van der Waals surface area contributed by atoms with E-state index < -0.39 is 0 Å². The minimum atomic E-state index is -0.373. The lowest BCUT2D eigenvalue weighted by atomic mass is 9.74. The van der Waals surface area contributed by atoms with E-state index in [9.17, 15) is 9.59 Å². The van der Waals surface area contributed by atoms with E-state index in [0.29, 0.717) is 42.7 Å². The normalized spacial score (nSPS) is 26.4. The van der Waals surface area contributed by atoms with Crippen molar-refractivity contribution in [1.29, 1.82) is 0 Å². The topological polar surface area (TPSA) is 98.8 Å². The second-order valence-corrected chi connectivity index (χ2v) is 13.5. The van der Waals surface area contributed by atoms with Gasteiger partial charge in [-0.3, -0.25) is 24.9 Å². The maximum Gasteiger partial charge on any atom is 0.239 e. The van der Waals surface area contributed by atoms with Crippen LogP contribution < -0.4 is 20.9 Å². The number of hydrogen-bond donors (Lipinski definition) is 3. The lowest BCUT2D eigenvalue weighted by Crippen LogP contribution is -2.57. The van der Waals surface area contributed by atoms with E-state index in [0.717, 1.165) is 63.7 Å². The van der Waals surface area contributed by atoms with Gasteiger partial charge in [-0.1, -0.05) is 32.8 Å². The van der Waals surface area contributed by atoms with Crippen LogP contribution in [0.15, 0.2) is 36.5 Å². The fourth-order valence-corrected chi connectivity index (χ4v) is 7.65. The largest absolute Gasteiger partial charge is 0.496 e. The Bertz CT molecular complexity index is 1320. The van der Waals surface area contributed by atoms with Crippen LogP contribution >= 0.6 is 0 Å². The standard InChI is InChI=1S/C36H53FN6O3/c1-5-7-18-42(19-8-6-2)36(45)32-15-13-27(22-43(32)23-29-30(37)10-9-11-33(29)46-4)39-35(44)26-12-14-31-28(21-26)34(41-40-31)25-16-17-38-24(3)20-25/h9-11,16-17,20,26-28,31-32,34,40-41H,5-8,12-15,18-19,21-23H2,1-4H3,(H,39,44)/t26?,27-,28?,31?,32+,34?/m1/s1. The maximum atomic E-state index is 15.2. The van der Waals surface area contributed by atoms with Gasteiger partial charge >= 0.3 is 0 Å². The highest BCUT2D eigenvalue weighted by Crippen LogP contribution is 2.40. The van der Waals surface area contributed by atoms with Crippen molar-refractivity contribution >= 4 is 11.8 Å². The van der Waals surface area contributed by atoms with Crippen LogP contribution in [0.2, 0.25) is 0 Å². The number of likely N-dealkylation sites (tertiary alicyclic amines) is 1. The van der Waals surface area contributed by atoms with Gasteiger partial charge in [0.05, 0.1) is 19.2 Å². The molecule has 1 aromatic carbocycles.